The molecule has 3 N–H and O–H groups in total. The van der Waals surface area contributed by atoms with Crippen LogP contribution in [0.3, 0.4) is 0 Å². The van der Waals surface area contributed by atoms with Crippen molar-refractivity contribution in [2.75, 3.05) is 7.11 Å². The number of imide groups is 3. The number of Topliss-reactive ketones (excluding diaryl/α,β-unsaturated/α-hetero) is 1. The Morgan fingerprint density at radius 2 is 1.89 bits per heavy atom. The number of rotatable bonds is 2. The van der Waals surface area contributed by atoms with Crippen molar-refractivity contribution in [1.82, 2.24) is 4.90 Å². The fourth-order valence-corrected chi connectivity index (χ4v) is 6.50. The number of allylic oxidation sites excluding steroid dienone is 6. The summed E-state index contributed by atoms with van der Waals surface area (Å²) in [7, 11) is 1.41. The van der Waals surface area contributed by atoms with Crippen LogP contribution in [0.1, 0.15) is 31.2 Å². The highest BCUT2D eigenvalue weighted by Gasteiger charge is 2.57. The Morgan fingerprint density at radius 1 is 1.17 bits per heavy atom. The number of phenolic OH excluding ortho intramolecular Hbond substituents is 1. The van der Waals surface area contributed by atoms with Crippen molar-refractivity contribution in [1.29, 1.82) is 0 Å². The van der Waals surface area contributed by atoms with Crippen molar-refractivity contribution in [2.24, 2.45) is 23.5 Å². The summed E-state index contributed by atoms with van der Waals surface area (Å²) in [5, 5.41) is 10.4. The van der Waals surface area contributed by atoms with Gasteiger partial charge in [0.05, 0.1) is 22.5 Å². The maximum Gasteiger partial charge on any atom is 0.328 e. The van der Waals surface area contributed by atoms with Gasteiger partial charge in [0.2, 0.25) is 11.8 Å². The Kier molecular flexibility index (Phi) is 5.46. The number of likely N-dealkylation sites (tertiary alicyclic amines) is 1. The van der Waals surface area contributed by atoms with Crippen LogP contribution < -0.4 is 10.5 Å². The van der Waals surface area contributed by atoms with Crippen LogP contribution in [0.5, 0.6) is 11.5 Å². The van der Waals surface area contributed by atoms with E-state index in [1.807, 2.05) is 28.7 Å². The topological polar surface area (TPSA) is 144 Å². The fraction of sp³-hybridized carbons (Fsp3) is 0.320. The second kappa shape index (κ2) is 8.14. The van der Waals surface area contributed by atoms with E-state index in [9.17, 15) is 29.1 Å². The molecule has 4 aliphatic rings. The number of ketones is 2. The Balaban J connectivity index is 1.73. The molecular weight excluding hydrogens is 567 g/mol. The minimum atomic E-state index is -1.12. The van der Waals surface area contributed by atoms with Gasteiger partial charge in [-0.15, -0.1) is 0 Å². The average molecular weight is 588 g/mol. The summed E-state index contributed by atoms with van der Waals surface area (Å²) in [6.45, 7) is 1.59. The van der Waals surface area contributed by atoms with Gasteiger partial charge in [0.15, 0.2) is 23.1 Å². The summed E-state index contributed by atoms with van der Waals surface area (Å²) in [5.41, 5.74) is 7.62. The number of aromatic hydroxyl groups is 1. The van der Waals surface area contributed by atoms with Crippen molar-refractivity contribution in [3.63, 3.8) is 0 Å². The number of urea groups is 1. The van der Waals surface area contributed by atoms with Crippen molar-refractivity contribution >= 4 is 52.0 Å². The smallest absolute Gasteiger partial charge is 0.328 e. The lowest BCUT2D eigenvalue weighted by Gasteiger charge is -2.42. The standard InChI is InChI=1S/C25H21IN2O7/c1-9-5-16(29)14-8-13-11(3-4-12-19(13)24(33)28(23(12)32)25(27)34)18(20(14)21(9)30)10-6-15(26)22(31)17(7-10)35-2/h3,5-7,12-13,18-19,31H,4,8H2,1-2H3,(H2,27,34). The lowest BCUT2D eigenvalue weighted by molar-refractivity contribution is -0.136. The number of halogens is 1. The molecule has 4 unspecified atom stereocenters. The van der Waals surface area contributed by atoms with Gasteiger partial charge < -0.3 is 15.6 Å². The number of methoxy groups -OCH3 is 1. The average Bonchev–Trinajstić information content (AvgIpc) is 3.08. The summed E-state index contributed by atoms with van der Waals surface area (Å²) in [6, 6.07) is 2.21. The number of benzene rings is 1. The van der Waals surface area contributed by atoms with Crippen molar-refractivity contribution < 1.29 is 33.8 Å². The third kappa shape index (κ3) is 3.29. The van der Waals surface area contributed by atoms with E-state index < -0.39 is 41.5 Å². The summed E-state index contributed by atoms with van der Waals surface area (Å²) in [5.74, 6) is -4.60. The Morgan fingerprint density at radius 3 is 2.54 bits per heavy atom. The van der Waals surface area contributed by atoms with Crippen LogP contribution in [0.15, 0.2) is 46.6 Å². The molecule has 180 valence electrons. The molecule has 0 radical (unpaired) electrons. The minimum Gasteiger partial charge on any atom is -0.504 e. The van der Waals surface area contributed by atoms with E-state index in [4.69, 9.17) is 10.5 Å². The van der Waals surface area contributed by atoms with E-state index in [1.165, 1.54) is 13.2 Å². The quantitative estimate of drug-likeness (QED) is 0.234. The second-order valence-electron chi connectivity index (χ2n) is 9.13. The van der Waals surface area contributed by atoms with Gasteiger partial charge >= 0.3 is 6.03 Å². The van der Waals surface area contributed by atoms with Gasteiger partial charge in [-0.05, 0) is 72.0 Å². The first-order chi connectivity index (χ1) is 16.6. The number of ether oxygens (including phenoxy) is 1. The van der Waals surface area contributed by atoms with Crippen molar-refractivity contribution in [3.05, 3.63) is 55.7 Å². The van der Waals surface area contributed by atoms with Gasteiger partial charge in [-0.2, -0.15) is 4.90 Å². The van der Waals surface area contributed by atoms with Crippen LogP contribution in [0.2, 0.25) is 0 Å². The molecule has 3 aliphatic carbocycles. The first-order valence-electron chi connectivity index (χ1n) is 11.0. The lowest BCUT2D eigenvalue weighted by atomic mass is 9.59. The number of carbonyl (C=O) groups excluding carboxylic acids is 5. The zero-order chi connectivity index (χ0) is 25.3. The summed E-state index contributed by atoms with van der Waals surface area (Å²) < 4.78 is 5.82. The molecule has 1 aliphatic heterocycles. The minimum absolute atomic E-state index is 0.0492. The molecule has 5 rings (SSSR count). The molecule has 9 nitrogen and oxygen atoms in total. The number of fused-ring (bicyclic) bond motifs is 3. The molecule has 35 heavy (non-hydrogen) atoms. The monoisotopic (exact) mass is 588 g/mol. The first kappa shape index (κ1) is 23.5. The third-order valence-corrected chi connectivity index (χ3v) is 8.21. The number of phenols is 1. The van der Waals surface area contributed by atoms with Crippen LogP contribution in [-0.2, 0) is 19.2 Å². The number of hydrogen-bond acceptors (Lipinski definition) is 7. The maximum atomic E-state index is 13.4. The normalized spacial score (nSPS) is 27.8. The van der Waals surface area contributed by atoms with E-state index in [2.05, 4.69) is 0 Å². The van der Waals surface area contributed by atoms with Crippen LogP contribution in [0, 0.1) is 21.3 Å². The molecule has 0 saturated carbocycles. The van der Waals surface area contributed by atoms with Crippen LogP contribution in [0.25, 0.3) is 0 Å². The highest BCUT2D eigenvalue weighted by molar-refractivity contribution is 14.1. The zero-order valence-corrected chi connectivity index (χ0v) is 21.0. The Labute approximate surface area is 213 Å². The fourth-order valence-electron chi connectivity index (χ4n) is 5.87. The lowest BCUT2D eigenvalue weighted by Crippen LogP contribution is -2.42. The van der Waals surface area contributed by atoms with E-state index in [-0.39, 0.29) is 35.9 Å². The highest BCUT2D eigenvalue weighted by atomic mass is 127. The Bertz CT molecular complexity index is 1360. The number of amides is 4. The predicted molar refractivity (Wildman–Crippen MR) is 130 cm³/mol. The number of nitrogens with two attached hydrogens (primary N) is 1. The Hall–Kier alpha value is -3.28. The molecule has 10 heteroatoms. The number of primary amides is 1. The van der Waals surface area contributed by atoms with Crippen molar-refractivity contribution in [2.45, 2.75) is 25.7 Å². The zero-order valence-electron chi connectivity index (χ0n) is 18.8. The third-order valence-electron chi connectivity index (χ3n) is 7.39. The van der Waals surface area contributed by atoms with E-state index in [0.717, 1.165) is 5.57 Å². The molecule has 1 aromatic carbocycles. The van der Waals surface area contributed by atoms with Crippen molar-refractivity contribution in [3.8, 4) is 11.5 Å². The predicted octanol–water partition coefficient (Wildman–Crippen LogP) is 2.51. The summed E-state index contributed by atoms with van der Waals surface area (Å²) >= 11 is 1.96. The van der Waals surface area contributed by atoms with Crippen LogP contribution >= 0.6 is 22.6 Å². The van der Waals surface area contributed by atoms with Crippen LogP contribution in [-0.4, -0.2) is 46.5 Å². The van der Waals surface area contributed by atoms with Gasteiger partial charge in [-0.25, -0.2) is 4.79 Å². The first-order valence-corrected chi connectivity index (χ1v) is 12.1. The molecule has 0 aromatic heterocycles. The molecule has 1 fully saturated rings. The maximum absolute atomic E-state index is 13.4. The van der Waals surface area contributed by atoms with Crippen LogP contribution in [0.4, 0.5) is 4.79 Å². The molecular formula is C25H21IN2O7. The van der Waals surface area contributed by atoms with Gasteiger partial charge in [0, 0.05) is 22.6 Å². The van der Waals surface area contributed by atoms with Gasteiger partial charge in [0.25, 0.3) is 0 Å². The molecule has 4 atom stereocenters. The molecule has 0 bridgehead atoms. The summed E-state index contributed by atoms with van der Waals surface area (Å²) in [4.78, 5) is 64.8. The summed E-state index contributed by atoms with van der Waals surface area (Å²) in [6.07, 6.45) is 3.44. The molecule has 1 saturated heterocycles. The van der Waals surface area contributed by atoms with Gasteiger partial charge in [-0.1, -0.05) is 11.6 Å². The van der Waals surface area contributed by atoms with Gasteiger partial charge in [-0.3, -0.25) is 19.2 Å². The number of nitrogens with zero attached hydrogens (tertiary/aromatic N) is 1. The molecule has 4 amide bonds. The van der Waals surface area contributed by atoms with E-state index in [1.54, 1.807) is 19.1 Å². The molecule has 1 heterocycles. The molecule has 0 spiro atoms. The SMILES string of the molecule is COc1cc(C2C3=CCC4C(=O)N(C(N)=O)C(=O)C4C3CC3=C2C(=O)C(C)=CC3=O)cc(I)c1O. The van der Waals surface area contributed by atoms with E-state index >= 15 is 0 Å². The number of hydrogen-bond donors (Lipinski definition) is 2. The number of carbonyl (C=O) groups is 5. The molecule has 1 aromatic rings. The van der Waals surface area contributed by atoms with Gasteiger partial charge in [0.1, 0.15) is 0 Å². The largest absolute Gasteiger partial charge is 0.504 e. The second-order valence-corrected chi connectivity index (χ2v) is 10.3. The van der Waals surface area contributed by atoms with E-state index in [0.29, 0.717) is 30.8 Å². The highest BCUT2D eigenvalue weighted by Crippen LogP contribution is 2.55.